The molecule has 0 amide bonds. The Morgan fingerprint density at radius 2 is 2.05 bits per heavy atom. The third kappa shape index (κ3) is 5.90. The van der Waals surface area contributed by atoms with Gasteiger partial charge in [0.05, 0.1) is 18.1 Å². The van der Waals surface area contributed by atoms with Gasteiger partial charge in [-0.3, -0.25) is 19.1 Å². The Labute approximate surface area is 229 Å². The molecular weight excluding hydrogens is 545 g/mol. The van der Waals surface area contributed by atoms with Gasteiger partial charge in [-0.2, -0.15) is 10.1 Å². The molecule has 0 spiro atoms. The number of carbonyl (C=O) groups is 1. The van der Waals surface area contributed by atoms with Crippen molar-refractivity contribution < 1.29 is 38.1 Å². The fourth-order valence-corrected chi connectivity index (χ4v) is 5.60. The number of aromatic amines is 1. The van der Waals surface area contributed by atoms with Crippen molar-refractivity contribution in [3.05, 3.63) is 52.9 Å². The first-order valence-corrected chi connectivity index (χ1v) is 13.8. The maximum absolute atomic E-state index is 13.8. The molecule has 6 atom stereocenters. The van der Waals surface area contributed by atoms with E-state index in [-0.39, 0.29) is 22.7 Å². The van der Waals surface area contributed by atoms with Crippen molar-refractivity contribution in [2.24, 2.45) is 0 Å². The number of aliphatic hydroxyl groups is 2. The SMILES string of the molecule is C#CC1(O)[C@@H](O)[C@@H](COP(=O)(N[C@@H](C)C(=O)OC(C)C)Oc2ccccc2)O[C@H]1n1ccc2c(=O)[nH]c(N)nc21. The molecule has 1 aromatic carbocycles. The summed E-state index contributed by atoms with van der Waals surface area (Å²) < 4.78 is 37.2. The Bertz CT molecular complexity index is 1520. The second kappa shape index (κ2) is 11.4. The van der Waals surface area contributed by atoms with Crippen molar-refractivity contribution in [1.29, 1.82) is 0 Å². The van der Waals surface area contributed by atoms with Gasteiger partial charge in [-0.15, -0.1) is 6.42 Å². The number of nitrogens with two attached hydrogens (primary N) is 1. The van der Waals surface area contributed by atoms with Gasteiger partial charge in [0.15, 0.2) is 17.5 Å². The lowest BCUT2D eigenvalue weighted by atomic mass is 9.95. The number of nitrogens with one attached hydrogen (secondary N) is 2. The van der Waals surface area contributed by atoms with Crippen LogP contribution >= 0.6 is 7.75 Å². The predicted molar refractivity (Wildman–Crippen MR) is 143 cm³/mol. The Hall–Kier alpha value is -3.70. The van der Waals surface area contributed by atoms with Crippen molar-refractivity contribution in [3.63, 3.8) is 0 Å². The normalized spacial score (nSPS) is 24.9. The lowest BCUT2D eigenvalue weighted by molar-refractivity contribution is -0.149. The quantitative estimate of drug-likeness (QED) is 0.131. The number of hydrogen-bond donors (Lipinski definition) is 5. The third-order valence-electron chi connectivity index (χ3n) is 6.00. The lowest BCUT2D eigenvalue weighted by Crippen LogP contribution is -2.46. The molecule has 14 nitrogen and oxygen atoms in total. The number of benzene rings is 1. The number of anilines is 1. The number of terminal acetylenes is 1. The maximum Gasteiger partial charge on any atom is 0.459 e. The third-order valence-corrected chi connectivity index (χ3v) is 7.65. The summed E-state index contributed by atoms with van der Waals surface area (Å²) in [6.45, 7) is 4.15. The minimum Gasteiger partial charge on any atom is -0.462 e. The number of para-hydroxylation sites is 1. The van der Waals surface area contributed by atoms with Crippen LogP contribution in [0.1, 0.15) is 27.0 Å². The number of aromatic nitrogens is 3. The zero-order chi connectivity index (χ0) is 29.2. The second-order valence-electron chi connectivity index (χ2n) is 9.39. The first-order chi connectivity index (χ1) is 18.9. The second-order valence-corrected chi connectivity index (χ2v) is 11.1. The monoisotopic (exact) mass is 575 g/mol. The molecule has 6 N–H and O–H groups in total. The Morgan fingerprint density at radius 3 is 2.70 bits per heavy atom. The molecule has 0 aliphatic carbocycles. The van der Waals surface area contributed by atoms with Gasteiger partial charge in [-0.1, -0.05) is 24.1 Å². The van der Waals surface area contributed by atoms with Crippen LogP contribution in [0.5, 0.6) is 5.75 Å². The smallest absolute Gasteiger partial charge is 0.459 e. The van der Waals surface area contributed by atoms with E-state index < -0.39 is 62.1 Å². The molecule has 214 valence electrons. The van der Waals surface area contributed by atoms with Gasteiger partial charge in [-0.05, 0) is 39.0 Å². The number of rotatable bonds is 10. The van der Waals surface area contributed by atoms with Gasteiger partial charge in [0.1, 0.15) is 24.0 Å². The highest BCUT2D eigenvalue weighted by atomic mass is 31.2. The van der Waals surface area contributed by atoms with E-state index >= 15 is 0 Å². The summed E-state index contributed by atoms with van der Waals surface area (Å²) in [7, 11) is -4.31. The van der Waals surface area contributed by atoms with Gasteiger partial charge < -0.3 is 34.5 Å². The standard InChI is InChI=1S/C25H30N5O9P/c1-5-25(34)19(31)18(38-23(25)30-12-11-17-20(30)27-24(26)28-21(17)32)13-36-40(35,39-16-9-7-6-8-10-16)29-15(4)22(33)37-14(2)3/h1,6-12,14-15,18-19,23,31,34H,13H2,2-4H3,(H,29,35)(H3,26,27,28,32)/t15-,18+,19-,23+,25?,40?/m0/s1. The Morgan fingerprint density at radius 1 is 1.35 bits per heavy atom. The summed E-state index contributed by atoms with van der Waals surface area (Å²) in [5.41, 5.74) is 2.88. The van der Waals surface area contributed by atoms with Gasteiger partial charge >= 0.3 is 13.7 Å². The van der Waals surface area contributed by atoms with Crippen LogP contribution in [0.2, 0.25) is 0 Å². The number of H-pyrrole nitrogens is 1. The number of hydrogen-bond acceptors (Lipinski definition) is 11. The molecule has 0 radical (unpaired) electrons. The fourth-order valence-electron chi connectivity index (χ4n) is 4.09. The predicted octanol–water partition coefficient (Wildman–Crippen LogP) is 1.06. The van der Waals surface area contributed by atoms with E-state index in [1.165, 1.54) is 35.9 Å². The number of nitrogens with zero attached hydrogens (tertiary/aromatic N) is 2. The first-order valence-electron chi connectivity index (χ1n) is 12.2. The molecule has 3 aromatic rings. The van der Waals surface area contributed by atoms with Crippen LogP contribution in [-0.4, -0.2) is 67.3 Å². The molecule has 4 rings (SSSR count). The zero-order valence-corrected chi connectivity index (χ0v) is 22.8. The topological polar surface area (TPSA) is 200 Å². The van der Waals surface area contributed by atoms with Crippen LogP contribution in [0.25, 0.3) is 11.0 Å². The highest BCUT2D eigenvalue weighted by Gasteiger charge is 2.56. The summed E-state index contributed by atoms with van der Waals surface area (Å²) in [5, 5.41) is 24.9. The molecule has 0 saturated carbocycles. The highest BCUT2D eigenvalue weighted by molar-refractivity contribution is 7.52. The molecule has 1 fully saturated rings. The number of aliphatic hydroxyl groups excluding tert-OH is 1. The molecule has 3 heterocycles. The number of carbonyl (C=O) groups excluding carboxylic acids is 1. The fraction of sp³-hybridized carbons (Fsp3) is 0.400. The van der Waals surface area contributed by atoms with Crippen molar-refractivity contribution in [2.45, 2.75) is 57.0 Å². The van der Waals surface area contributed by atoms with Gasteiger partial charge in [0.25, 0.3) is 5.56 Å². The average Bonchev–Trinajstić information content (AvgIpc) is 3.42. The van der Waals surface area contributed by atoms with E-state index in [4.69, 9.17) is 30.7 Å². The van der Waals surface area contributed by atoms with Crippen molar-refractivity contribution >= 4 is 30.7 Å². The number of esters is 1. The van der Waals surface area contributed by atoms with Gasteiger partial charge in [0.2, 0.25) is 5.95 Å². The number of nitrogen functional groups attached to an aromatic ring is 1. The Balaban J connectivity index is 1.59. The van der Waals surface area contributed by atoms with E-state index in [0.29, 0.717) is 0 Å². The molecule has 1 aliphatic heterocycles. The molecular formula is C25H30N5O9P. The van der Waals surface area contributed by atoms with E-state index in [2.05, 4.69) is 21.0 Å². The molecule has 1 aliphatic rings. The molecule has 40 heavy (non-hydrogen) atoms. The molecule has 2 aromatic heterocycles. The molecule has 2 unspecified atom stereocenters. The summed E-state index contributed by atoms with van der Waals surface area (Å²) >= 11 is 0. The Kier molecular flexibility index (Phi) is 8.36. The highest BCUT2D eigenvalue weighted by Crippen LogP contribution is 2.47. The van der Waals surface area contributed by atoms with E-state index in [1.807, 2.05) is 0 Å². The minimum atomic E-state index is -4.31. The van der Waals surface area contributed by atoms with E-state index in [0.717, 1.165) is 0 Å². The van der Waals surface area contributed by atoms with Gasteiger partial charge in [0, 0.05) is 6.20 Å². The van der Waals surface area contributed by atoms with Crippen LogP contribution in [0.15, 0.2) is 47.4 Å². The zero-order valence-electron chi connectivity index (χ0n) is 21.9. The van der Waals surface area contributed by atoms with Crippen LogP contribution in [-0.2, 0) is 23.4 Å². The van der Waals surface area contributed by atoms with Crippen LogP contribution in [0.4, 0.5) is 5.95 Å². The van der Waals surface area contributed by atoms with Crippen molar-refractivity contribution in [3.8, 4) is 18.1 Å². The minimum absolute atomic E-state index is 0.0472. The van der Waals surface area contributed by atoms with E-state index in [1.54, 1.807) is 32.0 Å². The summed E-state index contributed by atoms with van der Waals surface area (Å²) in [6, 6.07) is 8.37. The summed E-state index contributed by atoms with van der Waals surface area (Å²) in [4.78, 5) is 31.1. The largest absolute Gasteiger partial charge is 0.462 e. The average molecular weight is 576 g/mol. The first kappa shape index (κ1) is 29.3. The van der Waals surface area contributed by atoms with E-state index in [9.17, 15) is 24.4 Å². The molecule has 1 saturated heterocycles. The van der Waals surface area contributed by atoms with Crippen molar-refractivity contribution in [2.75, 3.05) is 12.3 Å². The lowest BCUT2D eigenvalue weighted by Gasteiger charge is -2.26. The van der Waals surface area contributed by atoms with Crippen LogP contribution < -0.4 is 20.9 Å². The summed E-state index contributed by atoms with van der Waals surface area (Å²) in [6.07, 6.45) is 2.05. The summed E-state index contributed by atoms with van der Waals surface area (Å²) in [5.74, 6) is 1.42. The molecule has 15 heteroatoms. The van der Waals surface area contributed by atoms with Gasteiger partial charge in [-0.25, -0.2) is 4.57 Å². The number of fused-ring (bicyclic) bond motifs is 1. The van der Waals surface area contributed by atoms with Crippen LogP contribution in [0, 0.1) is 12.3 Å². The van der Waals surface area contributed by atoms with Crippen LogP contribution in [0.3, 0.4) is 0 Å². The maximum atomic E-state index is 13.8. The number of ether oxygens (including phenoxy) is 2. The molecule has 0 bridgehead atoms. The van der Waals surface area contributed by atoms with Crippen molar-refractivity contribution in [1.82, 2.24) is 19.6 Å².